The SMILES string of the molecule is CC1CCCN(S(=O)(=O)Nc2ccc(CCl)cc2)C1. The van der Waals surface area contributed by atoms with E-state index < -0.39 is 10.2 Å². The van der Waals surface area contributed by atoms with Crippen LogP contribution in [0.25, 0.3) is 0 Å². The Balaban J connectivity index is 2.07. The van der Waals surface area contributed by atoms with Crippen LogP contribution in [0, 0.1) is 5.92 Å². The van der Waals surface area contributed by atoms with Crippen molar-refractivity contribution in [3.05, 3.63) is 29.8 Å². The third kappa shape index (κ3) is 3.84. The van der Waals surface area contributed by atoms with E-state index in [4.69, 9.17) is 11.6 Å². The van der Waals surface area contributed by atoms with Crippen molar-refractivity contribution >= 4 is 27.5 Å². The van der Waals surface area contributed by atoms with Crippen molar-refractivity contribution in [3.8, 4) is 0 Å². The number of nitrogens with one attached hydrogen (secondary N) is 1. The van der Waals surface area contributed by atoms with E-state index >= 15 is 0 Å². The Morgan fingerprint density at radius 2 is 2.05 bits per heavy atom. The smallest absolute Gasteiger partial charge is 0.271 e. The molecule has 1 aromatic rings. The van der Waals surface area contributed by atoms with Crippen LogP contribution in [0.3, 0.4) is 0 Å². The molecule has 1 unspecified atom stereocenters. The molecule has 0 saturated carbocycles. The molecule has 1 N–H and O–H groups in total. The van der Waals surface area contributed by atoms with Crippen molar-refractivity contribution in [1.82, 2.24) is 4.31 Å². The van der Waals surface area contributed by atoms with Gasteiger partial charge in [0.05, 0.1) is 0 Å². The summed E-state index contributed by atoms with van der Waals surface area (Å²) >= 11 is 5.70. The van der Waals surface area contributed by atoms with E-state index in [0.29, 0.717) is 30.6 Å². The normalized spacial score (nSPS) is 21.3. The summed E-state index contributed by atoms with van der Waals surface area (Å²) in [5.41, 5.74) is 1.54. The van der Waals surface area contributed by atoms with Crippen LogP contribution in [-0.4, -0.2) is 25.8 Å². The second kappa shape index (κ2) is 6.11. The maximum Gasteiger partial charge on any atom is 0.301 e. The fourth-order valence-electron chi connectivity index (χ4n) is 2.24. The molecule has 4 nitrogen and oxygen atoms in total. The van der Waals surface area contributed by atoms with Gasteiger partial charge in [-0.25, -0.2) is 0 Å². The first-order valence-electron chi connectivity index (χ1n) is 6.44. The molecule has 0 aromatic heterocycles. The zero-order valence-electron chi connectivity index (χ0n) is 11.0. The third-order valence-corrected chi connectivity index (χ3v) is 5.13. The molecule has 0 aliphatic carbocycles. The topological polar surface area (TPSA) is 49.4 Å². The summed E-state index contributed by atoms with van der Waals surface area (Å²) in [4.78, 5) is 0. The van der Waals surface area contributed by atoms with Gasteiger partial charge in [0.15, 0.2) is 0 Å². The molecule has 1 aliphatic heterocycles. The van der Waals surface area contributed by atoms with Gasteiger partial charge in [0, 0.05) is 24.7 Å². The van der Waals surface area contributed by atoms with Gasteiger partial charge in [-0.05, 0) is 36.5 Å². The van der Waals surface area contributed by atoms with Crippen LogP contribution in [0.4, 0.5) is 5.69 Å². The number of rotatable bonds is 4. The average molecular weight is 303 g/mol. The predicted octanol–water partition coefficient (Wildman–Crippen LogP) is 2.81. The van der Waals surface area contributed by atoms with Gasteiger partial charge >= 0.3 is 10.2 Å². The van der Waals surface area contributed by atoms with Crippen LogP contribution in [0.5, 0.6) is 0 Å². The fraction of sp³-hybridized carbons (Fsp3) is 0.538. The molecule has 0 spiro atoms. The molecule has 6 heteroatoms. The molecule has 19 heavy (non-hydrogen) atoms. The summed E-state index contributed by atoms with van der Waals surface area (Å²) in [6.07, 6.45) is 2.02. The summed E-state index contributed by atoms with van der Waals surface area (Å²) in [7, 11) is -3.44. The maximum atomic E-state index is 12.2. The lowest BCUT2D eigenvalue weighted by Gasteiger charge is -2.30. The highest BCUT2D eigenvalue weighted by Gasteiger charge is 2.26. The summed E-state index contributed by atoms with van der Waals surface area (Å²) in [6.45, 7) is 3.27. The number of halogens is 1. The number of hydrogen-bond donors (Lipinski definition) is 1. The van der Waals surface area contributed by atoms with Crippen molar-refractivity contribution in [1.29, 1.82) is 0 Å². The Morgan fingerprint density at radius 1 is 1.37 bits per heavy atom. The van der Waals surface area contributed by atoms with Crippen LogP contribution in [0.15, 0.2) is 24.3 Å². The summed E-state index contributed by atoms with van der Waals surface area (Å²) < 4.78 is 28.6. The standard InChI is InChI=1S/C13H19ClN2O2S/c1-11-3-2-8-16(10-11)19(17,18)15-13-6-4-12(9-14)5-7-13/h4-7,11,15H,2-3,8-10H2,1H3. The van der Waals surface area contributed by atoms with Crippen molar-refractivity contribution < 1.29 is 8.42 Å². The van der Waals surface area contributed by atoms with Crippen LogP contribution in [-0.2, 0) is 16.1 Å². The zero-order valence-corrected chi connectivity index (χ0v) is 12.5. The first-order chi connectivity index (χ1) is 9.01. The fourth-order valence-corrected chi connectivity index (χ4v) is 3.80. The van der Waals surface area contributed by atoms with E-state index in [1.807, 2.05) is 12.1 Å². The van der Waals surface area contributed by atoms with Gasteiger partial charge < -0.3 is 0 Å². The van der Waals surface area contributed by atoms with Gasteiger partial charge in [0.25, 0.3) is 0 Å². The molecule has 0 bridgehead atoms. The molecule has 1 atom stereocenters. The molecule has 1 heterocycles. The summed E-state index contributed by atoms with van der Waals surface area (Å²) in [6, 6.07) is 7.12. The van der Waals surface area contributed by atoms with Gasteiger partial charge in [0.1, 0.15) is 0 Å². The molecule has 0 amide bonds. The van der Waals surface area contributed by atoms with Crippen LogP contribution >= 0.6 is 11.6 Å². The first kappa shape index (κ1) is 14.6. The van der Waals surface area contributed by atoms with Crippen LogP contribution in [0.2, 0.25) is 0 Å². The second-order valence-corrected chi connectivity index (χ2v) is 6.98. The molecule has 1 aliphatic rings. The van der Waals surface area contributed by atoms with E-state index in [1.165, 1.54) is 4.31 Å². The minimum Gasteiger partial charge on any atom is -0.271 e. The zero-order chi connectivity index (χ0) is 13.9. The molecule has 2 rings (SSSR count). The Morgan fingerprint density at radius 3 is 2.63 bits per heavy atom. The molecule has 1 aromatic carbocycles. The highest BCUT2D eigenvalue weighted by Crippen LogP contribution is 2.20. The van der Waals surface area contributed by atoms with Gasteiger partial charge in [-0.3, -0.25) is 4.72 Å². The van der Waals surface area contributed by atoms with E-state index in [1.54, 1.807) is 12.1 Å². The Hall–Kier alpha value is -0.780. The number of anilines is 1. The Labute approximate surface area is 119 Å². The van der Waals surface area contributed by atoms with Gasteiger partial charge in [-0.1, -0.05) is 19.1 Å². The molecule has 1 saturated heterocycles. The van der Waals surface area contributed by atoms with E-state index in [9.17, 15) is 8.42 Å². The van der Waals surface area contributed by atoms with Crippen molar-refractivity contribution in [2.24, 2.45) is 5.92 Å². The van der Waals surface area contributed by atoms with Gasteiger partial charge in [0.2, 0.25) is 0 Å². The highest BCUT2D eigenvalue weighted by molar-refractivity contribution is 7.90. The van der Waals surface area contributed by atoms with Crippen molar-refractivity contribution in [2.75, 3.05) is 17.8 Å². The molecule has 106 valence electrons. The number of piperidine rings is 1. The maximum absolute atomic E-state index is 12.2. The number of alkyl halides is 1. The third-order valence-electron chi connectivity index (χ3n) is 3.31. The highest BCUT2D eigenvalue weighted by atomic mass is 35.5. The van der Waals surface area contributed by atoms with Gasteiger partial charge in [-0.15, -0.1) is 11.6 Å². The number of nitrogens with zero attached hydrogens (tertiary/aromatic N) is 1. The second-order valence-electron chi connectivity index (χ2n) is 5.04. The van der Waals surface area contributed by atoms with Crippen LogP contribution < -0.4 is 4.72 Å². The molecule has 1 fully saturated rings. The lowest BCUT2D eigenvalue weighted by molar-refractivity contribution is 0.282. The van der Waals surface area contributed by atoms with Gasteiger partial charge in [-0.2, -0.15) is 12.7 Å². The lowest BCUT2D eigenvalue weighted by Crippen LogP contribution is -2.42. The average Bonchev–Trinajstić information content (AvgIpc) is 2.39. The molecule has 0 radical (unpaired) electrons. The van der Waals surface area contributed by atoms with Crippen LogP contribution in [0.1, 0.15) is 25.3 Å². The Kier molecular flexibility index (Phi) is 4.71. The predicted molar refractivity (Wildman–Crippen MR) is 78.5 cm³/mol. The molecular weight excluding hydrogens is 284 g/mol. The largest absolute Gasteiger partial charge is 0.301 e. The number of benzene rings is 1. The Bertz CT molecular complexity index is 516. The van der Waals surface area contributed by atoms with E-state index in [-0.39, 0.29) is 0 Å². The quantitative estimate of drug-likeness (QED) is 0.870. The van der Waals surface area contributed by atoms with Crippen molar-refractivity contribution in [2.45, 2.75) is 25.6 Å². The van der Waals surface area contributed by atoms with E-state index in [0.717, 1.165) is 18.4 Å². The summed E-state index contributed by atoms with van der Waals surface area (Å²) in [5.74, 6) is 0.848. The minimum atomic E-state index is -3.44. The van der Waals surface area contributed by atoms with Crippen molar-refractivity contribution in [3.63, 3.8) is 0 Å². The monoisotopic (exact) mass is 302 g/mol. The lowest BCUT2D eigenvalue weighted by atomic mass is 10.0. The summed E-state index contributed by atoms with van der Waals surface area (Å²) in [5, 5.41) is 0. The number of hydrogen-bond acceptors (Lipinski definition) is 2. The first-order valence-corrected chi connectivity index (χ1v) is 8.41. The molecular formula is C13H19ClN2O2S. The minimum absolute atomic E-state index is 0.420. The van der Waals surface area contributed by atoms with E-state index in [2.05, 4.69) is 11.6 Å².